The number of piperazine rings is 1. The van der Waals surface area contributed by atoms with Crippen molar-refractivity contribution in [2.75, 3.05) is 36.4 Å². The van der Waals surface area contributed by atoms with Gasteiger partial charge in [-0.1, -0.05) is 15.9 Å². The standard InChI is InChI=1S/C19H21BrN4O3/c1-14(19(25)21-16-4-2-15(20)3-5-16)22-10-12-23(13-11-22)17-6-8-18(9-7-17)24(26)27/h2-9,14H,10-13H2,1H3,(H,21,25). The van der Waals surface area contributed by atoms with E-state index in [1.807, 2.05) is 31.2 Å². The number of rotatable bonds is 5. The molecule has 0 radical (unpaired) electrons. The lowest BCUT2D eigenvalue weighted by Gasteiger charge is -2.38. The molecule has 1 unspecified atom stereocenters. The van der Waals surface area contributed by atoms with E-state index in [0.717, 1.165) is 42.0 Å². The molecule has 1 fully saturated rings. The third-order valence-electron chi connectivity index (χ3n) is 4.78. The van der Waals surface area contributed by atoms with Crippen LogP contribution in [0.2, 0.25) is 0 Å². The number of nitrogens with zero attached hydrogens (tertiary/aromatic N) is 3. The van der Waals surface area contributed by atoms with Crippen LogP contribution in [0.3, 0.4) is 0 Å². The van der Waals surface area contributed by atoms with Crippen molar-refractivity contribution >= 4 is 38.9 Å². The molecule has 3 rings (SSSR count). The van der Waals surface area contributed by atoms with Crippen LogP contribution in [0.4, 0.5) is 17.1 Å². The molecule has 2 aromatic carbocycles. The second kappa shape index (κ2) is 8.49. The maximum absolute atomic E-state index is 12.5. The maximum atomic E-state index is 12.5. The third kappa shape index (κ3) is 4.84. The number of nitrogens with one attached hydrogen (secondary N) is 1. The lowest BCUT2D eigenvalue weighted by molar-refractivity contribution is -0.384. The summed E-state index contributed by atoms with van der Waals surface area (Å²) in [6.45, 7) is 4.97. The molecule has 1 aliphatic heterocycles. The summed E-state index contributed by atoms with van der Waals surface area (Å²) in [6, 6.07) is 13.9. The number of hydrogen-bond acceptors (Lipinski definition) is 5. The number of anilines is 2. The molecule has 142 valence electrons. The molecule has 0 saturated carbocycles. The van der Waals surface area contributed by atoms with Gasteiger partial charge in [-0.15, -0.1) is 0 Å². The minimum atomic E-state index is -0.395. The molecular weight excluding hydrogens is 412 g/mol. The van der Waals surface area contributed by atoms with Crippen LogP contribution in [0.1, 0.15) is 6.92 Å². The monoisotopic (exact) mass is 432 g/mol. The van der Waals surface area contributed by atoms with Gasteiger partial charge < -0.3 is 10.2 Å². The van der Waals surface area contributed by atoms with Crippen molar-refractivity contribution in [3.63, 3.8) is 0 Å². The Kier molecular flexibility index (Phi) is 6.08. The van der Waals surface area contributed by atoms with Crippen molar-refractivity contribution < 1.29 is 9.72 Å². The van der Waals surface area contributed by atoms with Crippen molar-refractivity contribution in [2.24, 2.45) is 0 Å². The Labute approximate surface area is 166 Å². The van der Waals surface area contributed by atoms with E-state index in [9.17, 15) is 14.9 Å². The van der Waals surface area contributed by atoms with Crippen LogP contribution in [-0.2, 0) is 4.79 Å². The van der Waals surface area contributed by atoms with E-state index < -0.39 is 4.92 Å². The molecular formula is C19H21BrN4O3. The van der Waals surface area contributed by atoms with Crippen LogP contribution in [0.15, 0.2) is 53.0 Å². The number of benzene rings is 2. The van der Waals surface area contributed by atoms with E-state index in [-0.39, 0.29) is 17.6 Å². The largest absolute Gasteiger partial charge is 0.369 e. The quantitative estimate of drug-likeness (QED) is 0.577. The molecule has 0 aromatic heterocycles. The molecule has 1 N–H and O–H groups in total. The Bertz CT molecular complexity index is 803. The average molecular weight is 433 g/mol. The predicted octanol–water partition coefficient (Wildman–Crippen LogP) is 3.51. The summed E-state index contributed by atoms with van der Waals surface area (Å²) in [5, 5.41) is 13.7. The molecule has 7 nitrogen and oxygen atoms in total. The molecule has 27 heavy (non-hydrogen) atoms. The minimum absolute atomic E-state index is 0.0268. The minimum Gasteiger partial charge on any atom is -0.369 e. The Morgan fingerprint density at radius 1 is 1.07 bits per heavy atom. The predicted molar refractivity (Wildman–Crippen MR) is 109 cm³/mol. The summed E-state index contributed by atoms with van der Waals surface area (Å²) in [4.78, 5) is 27.2. The van der Waals surface area contributed by atoms with E-state index in [4.69, 9.17) is 0 Å². The van der Waals surface area contributed by atoms with Crippen molar-refractivity contribution in [1.82, 2.24) is 4.90 Å². The average Bonchev–Trinajstić information content (AvgIpc) is 2.69. The highest BCUT2D eigenvalue weighted by atomic mass is 79.9. The van der Waals surface area contributed by atoms with E-state index in [1.54, 1.807) is 12.1 Å². The van der Waals surface area contributed by atoms with Crippen LogP contribution >= 0.6 is 15.9 Å². The normalized spacial score (nSPS) is 16.0. The first-order valence-corrected chi connectivity index (χ1v) is 9.53. The number of halogens is 1. The van der Waals surface area contributed by atoms with Gasteiger partial charge in [0.25, 0.3) is 5.69 Å². The van der Waals surface area contributed by atoms with Gasteiger partial charge in [-0.25, -0.2) is 0 Å². The molecule has 1 amide bonds. The highest BCUT2D eigenvalue weighted by Gasteiger charge is 2.26. The van der Waals surface area contributed by atoms with Crippen LogP contribution < -0.4 is 10.2 Å². The number of carbonyl (C=O) groups is 1. The van der Waals surface area contributed by atoms with Gasteiger partial charge in [-0.2, -0.15) is 0 Å². The molecule has 0 spiro atoms. The zero-order chi connectivity index (χ0) is 19.4. The van der Waals surface area contributed by atoms with E-state index >= 15 is 0 Å². The van der Waals surface area contributed by atoms with Crippen molar-refractivity contribution in [1.29, 1.82) is 0 Å². The summed E-state index contributed by atoms with van der Waals surface area (Å²) in [5.41, 5.74) is 1.84. The van der Waals surface area contributed by atoms with Crippen LogP contribution in [0, 0.1) is 10.1 Å². The fraction of sp³-hybridized carbons (Fsp3) is 0.316. The van der Waals surface area contributed by atoms with Gasteiger partial charge in [0.2, 0.25) is 5.91 Å². The fourth-order valence-electron chi connectivity index (χ4n) is 3.10. The molecule has 2 aromatic rings. The Morgan fingerprint density at radius 2 is 1.67 bits per heavy atom. The SMILES string of the molecule is CC(C(=O)Nc1ccc(Br)cc1)N1CCN(c2ccc([N+](=O)[O-])cc2)CC1. The third-order valence-corrected chi connectivity index (χ3v) is 5.31. The first kappa shape index (κ1) is 19.3. The molecule has 8 heteroatoms. The highest BCUT2D eigenvalue weighted by Crippen LogP contribution is 2.21. The number of nitro groups is 1. The summed E-state index contributed by atoms with van der Waals surface area (Å²) in [6.07, 6.45) is 0. The second-order valence-corrected chi connectivity index (χ2v) is 7.38. The number of amides is 1. The lowest BCUT2D eigenvalue weighted by Crippen LogP contribution is -2.52. The van der Waals surface area contributed by atoms with Gasteiger partial charge in [-0.3, -0.25) is 19.8 Å². The summed E-state index contributed by atoms with van der Waals surface area (Å²) in [7, 11) is 0. The van der Waals surface area contributed by atoms with E-state index in [1.165, 1.54) is 12.1 Å². The smallest absolute Gasteiger partial charge is 0.269 e. The van der Waals surface area contributed by atoms with Crippen molar-refractivity contribution in [3.05, 3.63) is 63.1 Å². The van der Waals surface area contributed by atoms with Gasteiger partial charge in [0.05, 0.1) is 11.0 Å². The van der Waals surface area contributed by atoms with Gasteiger partial charge in [0, 0.05) is 54.2 Å². The van der Waals surface area contributed by atoms with Gasteiger partial charge >= 0.3 is 0 Å². The van der Waals surface area contributed by atoms with Crippen LogP contribution in [-0.4, -0.2) is 48.0 Å². The molecule has 0 aliphatic carbocycles. The Morgan fingerprint density at radius 3 is 2.22 bits per heavy atom. The zero-order valence-electron chi connectivity index (χ0n) is 15.0. The zero-order valence-corrected chi connectivity index (χ0v) is 16.6. The molecule has 0 bridgehead atoms. The highest BCUT2D eigenvalue weighted by molar-refractivity contribution is 9.10. The molecule has 1 aliphatic rings. The van der Waals surface area contributed by atoms with Crippen molar-refractivity contribution in [2.45, 2.75) is 13.0 Å². The number of nitro benzene ring substituents is 1. The second-order valence-electron chi connectivity index (χ2n) is 6.47. The first-order chi connectivity index (χ1) is 12.9. The van der Waals surface area contributed by atoms with E-state index in [2.05, 4.69) is 31.0 Å². The maximum Gasteiger partial charge on any atom is 0.269 e. The molecule has 1 atom stereocenters. The number of hydrogen-bond donors (Lipinski definition) is 1. The number of non-ortho nitro benzene ring substituents is 1. The lowest BCUT2D eigenvalue weighted by atomic mass is 10.2. The summed E-state index contributed by atoms with van der Waals surface area (Å²) < 4.78 is 0.968. The van der Waals surface area contributed by atoms with Crippen LogP contribution in [0.5, 0.6) is 0 Å². The van der Waals surface area contributed by atoms with E-state index in [0.29, 0.717) is 0 Å². The van der Waals surface area contributed by atoms with Crippen LogP contribution in [0.25, 0.3) is 0 Å². The molecule has 1 saturated heterocycles. The topological polar surface area (TPSA) is 78.7 Å². The van der Waals surface area contributed by atoms with Crippen molar-refractivity contribution in [3.8, 4) is 0 Å². The first-order valence-electron chi connectivity index (χ1n) is 8.74. The number of carbonyl (C=O) groups excluding carboxylic acids is 1. The van der Waals surface area contributed by atoms with Gasteiger partial charge in [-0.05, 0) is 43.3 Å². The summed E-state index contributed by atoms with van der Waals surface area (Å²) >= 11 is 3.38. The summed E-state index contributed by atoms with van der Waals surface area (Å²) in [5.74, 6) is -0.0268. The fourth-order valence-corrected chi connectivity index (χ4v) is 3.36. The van der Waals surface area contributed by atoms with Gasteiger partial charge in [0.15, 0.2) is 0 Å². The Balaban J connectivity index is 1.53. The van der Waals surface area contributed by atoms with Gasteiger partial charge in [0.1, 0.15) is 0 Å². The molecule has 1 heterocycles. The Hall–Kier alpha value is -2.45.